The Morgan fingerprint density at radius 3 is 1.79 bits per heavy atom. The molecule has 1 aliphatic heterocycles. The first-order chi connectivity index (χ1) is 17.9. The minimum absolute atomic E-state index is 0.0903. The van der Waals surface area contributed by atoms with Gasteiger partial charge in [0, 0.05) is 47.8 Å². The van der Waals surface area contributed by atoms with Crippen LogP contribution in [0.15, 0.2) is 71.1 Å². The van der Waals surface area contributed by atoms with Gasteiger partial charge in [0.1, 0.15) is 5.75 Å². The van der Waals surface area contributed by atoms with E-state index >= 15 is 0 Å². The van der Waals surface area contributed by atoms with Crippen molar-refractivity contribution in [3.63, 3.8) is 0 Å². The Balaban J connectivity index is 1.71. The summed E-state index contributed by atoms with van der Waals surface area (Å²) in [4.78, 5) is 41.3. The summed E-state index contributed by atoms with van der Waals surface area (Å²) in [5.41, 5.74) is 5.09. The molecule has 0 amide bonds. The van der Waals surface area contributed by atoms with E-state index < -0.39 is 11.9 Å². The van der Waals surface area contributed by atoms with E-state index in [1.165, 1.54) is 0 Å². The molecule has 0 saturated heterocycles. The molecule has 0 atom stereocenters. The Morgan fingerprint density at radius 2 is 1.34 bits per heavy atom. The van der Waals surface area contributed by atoms with Gasteiger partial charge >= 0.3 is 5.97 Å². The molecule has 0 spiro atoms. The third kappa shape index (κ3) is 4.68. The number of Topliss-reactive ketones (excluding diaryl/α,β-unsaturated/α-hetero) is 2. The topological polar surface area (TPSA) is 83.9 Å². The molecule has 1 heterocycles. The van der Waals surface area contributed by atoms with Crippen molar-refractivity contribution in [2.75, 3.05) is 7.11 Å². The van der Waals surface area contributed by atoms with Crippen molar-refractivity contribution >= 4 is 17.5 Å². The summed E-state index contributed by atoms with van der Waals surface area (Å²) < 4.78 is 5.37. The first-order valence-corrected chi connectivity index (χ1v) is 13.2. The zero-order chi connectivity index (χ0) is 27.4. The first-order valence-electron chi connectivity index (χ1n) is 13.2. The lowest BCUT2D eigenvalue weighted by molar-refractivity contribution is -0.119. The molecule has 0 bridgehead atoms. The molecule has 2 aliphatic carbocycles. The largest absolute Gasteiger partial charge is 0.497 e. The fraction of sp³-hybridized carbons (Fsp3) is 0.406. The molecule has 2 aromatic rings. The SMILES string of the molecule is COc1ccc(C2C3=C(CC(C)(C)CC3=O)N(Cc3ccc(C(=O)O)cc3)C3=C2C(=O)CC(C)(C)C3)cc1. The van der Waals surface area contributed by atoms with Crippen LogP contribution in [0.5, 0.6) is 5.75 Å². The van der Waals surface area contributed by atoms with Gasteiger partial charge in [-0.3, -0.25) is 9.59 Å². The highest BCUT2D eigenvalue weighted by Crippen LogP contribution is 2.54. The van der Waals surface area contributed by atoms with Crippen LogP contribution in [0.1, 0.15) is 80.8 Å². The molecule has 198 valence electrons. The number of methoxy groups -OCH3 is 1. The third-order valence-electron chi connectivity index (χ3n) is 8.01. The number of aromatic carboxylic acids is 1. The Bertz CT molecular complexity index is 1320. The van der Waals surface area contributed by atoms with Crippen LogP contribution in [0.4, 0.5) is 0 Å². The van der Waals surface area contributed by atoms with Gasteiger partial charge in [-0.25, -0.2) is 4.79 Å². The van der Waals surface area contributed by atoms with Crippen molar-refractivity contribution in [1.82, 2.24) is 4.90 Å². The van der Waals surface area contributed by atoms with Crippen LogP contribution in [0.25, 0.3) is 0 Å². The van der Waals surface area contributed by atoms with Crippen molar-refractivity contribution in [2.45, 2.75) is 65.8 Å². The molecule has 0 unspecified atom stereocenters. The Hall–Kier alpha value is -3.67. The molecule has 3 aliphatic rings. The molecule has 0 saturated carbocycles. The lowest BCUT2D eigenvalue weighted by Gasteiger charge is -2.49. The molecule has 1 N–H and O–H groups in total. The average Bonchev–Trinajstić information content (AvgIpc) is 2.84. The van der Waals surface area contributed by atoms with E-state index in [0.717, 1.165) is 52.3 Å². The number of rotatable bonds is 5. The maximum Gasteiger partial charge on any atom is 0.335 e. The molecule has 0 fully saturated rings. The lowest BCUT2D eigenvalue weighted by Crippen LogP contribution is -2.44. The zero-order valence-electron chi connectivity index (χ0n) is 22.8. The number of ether oxygens (including phenoxy) is 1. The molecule has 6 heteroatoms. The standard InChI is InChI=1S/C32H35NO5/c1-31(2)14-23-28(25(34)16-31)27(20-10-12-22(38-5)13-11-20)29-24(15-32(3,4)17-26(29)35)33(23)18-19-6-8-21(9-7-19)30(36)37/h6-13,27H,14-18H2,1-5H3,(H,36,37). The first kappa shape index (κ1) is 26.0. The molecular weight excluding hydrogens is 478 g/mol. The van der Waals surface area contributed by atoms with E-state index in [-0.39, 0.29) is 28.0 Å². The Kier molecular flexibility index (Phi) is 6.33. The number of nitrogens with zero attached hydrogens (tertiary/aromatic N) is 1. The molecule has 0 radical (unpaired) electrons. The van der Waals surface area contributed by atoms with E-state index in [2.05, 4.69) is 32.6 Å². The van der Waals surface area contributed by atoms with Gasteiger partial charge in [0.15, 0.2) is 11.6 Å². The summed E-state index contributed by atoms with van der Waals surface area (Å²) in [7, 11) is 1.62. The number of carboxylic acid groups (broad SMARTS) is 1. The summed E-state index contributed by atoms with van der Waals surface area (Å²) in [6.07, 6.45) is 2.31. The van der Waals surface area contributed by atoms with E-state index in [1.807, 2.05) is 36.4 Å². The molecule has 0 aromatic heterocycles. The Morgan fingerprint density at radius 1 is 0.842 bits per heavy atom. The van der Waals surface area contributed by atoms with Gasteiger partial charge in [0.2, 0.25) is 0 Å². The van der Waals surface area contributed by atoms with Gasteiger partial charge in [-0.1, -0.05) is 52.0 Å². The van der Waals surface area contributed by atoms with Crippen molar-refractivity contribution in [3.8, 4) is 5.75 Å². The third-order valence-corrected chi connectivity index (χ3v) is 8.01. The smallest absolute Gasteiger partial charge is 0.335 e. The highest BCUT2D eigenvalue weighted by molar-refractivity contribution is 6.06. The van der Waals surface area contributed by atoms with E-state index in [4.69, 9.17) is 4.74 Å². The van der Waals surface area contributed by atoms with Crippen molar-refractivity contribution in [1.29, 1.82) is 0 Å². The molecular formula is C32H35NO5. The van der Waals surface area contributed by atoms with Gasteiger partial charge in [-0.05, 0) is 59.1 Å². The van der Waals surface area contributed by atoms with Crippen LogP contribution in [0, 0.1) is 10.8 Å². The van der Waals surface area contributed by atoms with Gasteiger partial charge in [-0.2, -0.15) is 0 Å². The van der Waals surface area contributed by atoms with Crippen LogP contribution in [-0.2, 0) is 16.1 Å². The lowest BCUT2D eigenvalue weighted by atomic mass is 9.63. The van der Waals surface area contributed by atoms with Gasteiger partial charge in [0.05, 0.1) is 12.7 Å². The molecule has 2 aromatic carbocycles. The summed E-state index contributed by atoms with van der Waals surface area (Å²) in [6, 6.07) is 14.6. The Labute approximate surface area is 224 Å². The van der Waals surface area contributed by atoms with Crippen LogP contribution < -0.4 is 4.74 Å². The second kappa shape index (κ2) is 9.26. The van der Waals surface area contributed by atoms with Crippen molar-refractivity contribution in [3.05, 3.63) is 87.8 Å². The maximum atomic E-state index is 13.9. The summed E-state index contributed by atoms with van der Waals surface area (Å²) in [5.74, 6) is -0.457. The maximum absolute atomic E-state index is 13.9. The highest BCUT2D eigenvalue weighted by atomic mass is 16.5. The van der Waals surface area contributed by atoms with Crippen molar-refractivity contribution in [2.24, 2.45) is 10.8 Å². The number of allylic oxidation sites excluding steroid dienone is 4. The van der Waals surface area contributed by atoms with Gasteiger partial charge in [-0.15, -0.1) is 0 Å². The predicted molar refractivity (Wildman–Crippen MR) is 145 cm³/mol. The van der Waals surface area contributed by atoms with Crippen LogP contribution >= 0.6 is 0 Å². The van der Waals surface area contributed by atoms with Gasteiger partial charge < -0.3 is 14.7 Å². The average molecular weight is 514 g/mol. The minimum Gasteiger partial charge on any atom is -0.497 e. The molecule has 5 rings (SSSR count). The van der Waals surface area contributed by atoms with Crippen LogP contribution in [-0.4, -0.2) is 34.7 Å². The number of carboxylic acids is 1. The second-order valence-corrected chi connectivity index (χ2v) is 12.4. The number of benzene rings is 2. The highest BCUT2D eigenvalue weighted by Gasteiger charge is 2.48. The van der Waals surface area contributed by atoms with Crippen LogP contribution in [0.3, 0.4) is 0 Å². The predicted octanol–water partition coefficient (Wildman–Crippen LogP) is 6.28. The number of ketones is 2. The van der Waals surface area contributed by atoms with Crippen molar-refractivity contribution < 1.29 is 24.2 Å². The summed E-state index contributed by atoms with van der Waals surface area (Å²) in [6.45, 7) is 8.96. The number of hydrogen-bond acceptors (Lipinski definition) is 5. The quantitative estimate of drug-likeness (QED) is 0.507. The number of hydrogen-bond donors (Lipinski definition) is 1. The normalized spacial score (nSPS) is 20.8. The molecule has 6 nitrogen and oxygen atoms in total. The van der Waals surface area contributed by atoms with E-state index in [1.54, 1.807) is 19.2 Å². The fourth-order valence-electron chi connectivity index (χ4n) is 6.30. The summed E-state index contributed by atoms with van der Waals surface area (Å²) >= 11 is 0. The van der Waals surface area contributed by atoms with E-state index in [0.29, 0.717) is 19.4 Å². The molecule has 38 heavy (non-hydrogen) atoms. The minimum atomic E-state index is -0.967. The fourth-order valence-corrected chi connectivity index (χ4v) is 6.30. The monoisotopic (exact) mass is 513 g/mol. The second-order valence-electron chi connectivity index (χ2n) is 12.4. The number of carbonyl (C=O) groups excluding carboxylic acids is 2. The van der Waals surface area contributed by atoms with Gasteiger partial charge in [0.25, 0.3) is 0 Å². The zero-order valence-corrected chi connectivity index (χ0v) is 22.8. The number of carbonyl (C=O) groups is 3. The summed E-state index contributed by atoms with van der Waals surface area (Å²) in [5, 5.41) is 9.34. The van der Waals surface area contributed by atoms with E-state index in [9.17, 15) is 19.5 Å². The van der Waals surface area contributed by atoms with Crippen LogP contribution in [0.2, 0.25) is 0 Å².